The number of benzene rings is 1. The fraction of sp³-hybridized carbons (Fsp3) is 0.611. The highest BCUT2D eigenvalue weighted by atomic mass is 16.3. The molecule has 1 aliphatic rings. The van der Waals surface area contributed by atoms with E-state index in [9.17, 15) is 9.90 Å². The van der Waals surface area contributed by atoms with E-state index in [1.807, 2.05) is 24.3 Å². The average Bonchev–Trinajstić information content (AvgIpc) is 2.54. The molecular weight excluding hydrogens is 276 g/mol. The van der Waals surface area contributed by atoms with E-state index < -0.39 is 0 Å². The highest BCUT2D eigenvalue weighted by Crippen LogP contribution is 2.18. The molecule has 1 fully saturated rings. The number of carbonyl (C=O) groups is 1. The van der Waals surface area contributed by atoms with Crippen molar-refractivity contribution in [2.45, 2.75) is 52.3 Å². The molecule has 0 aliphatic carbocycles. The summed E-state index contributed by atoms with van der Waals surface area (Å²) in [6.07, 6.45) is 3.65. The molecule has 1 unspecified atom stereocenters. The Morgan fingerprint density at radius 3 is 2.55 bits per heavy atom. The van der Waals surface area contributed by atoms with Gasteiger partial charge in [0.15, 0.2) is 0 Å². The zero-order valence-electron chi connectivity index (χ0n) is 13.7. The molecule has 0 radical (unpaired) electrons. The van der Waals surface area contributed by atoms with E-state index >= 15 is 0 Å². The van der Waals surface area contributed by atoms with Crippen molar-refractivity contribution >= 4 is 5.91 Å². The van der Waals surface area contributed by atoms with Gasteiger partial charge in [-0.2, -0.15) is 0 Å². The maximum atomic E-state index is 12.6. The number of hydrogen-bond acceptors (Lipinski definition) is 3. The van der Waals surface area contributed by atoms with Gasteiger partial charge in [0.1, 0.15) is 0 Å². The van der Waals surface area contributed by atoms with Crippen molar-refractivity contribution in [1.29, 1.82) is 0 Å². The van der Waals surface area contributed by atoms with Crippen molar-refractivity contribution in [1.82, 2.24) is 10.2 Å². The number of hydrogen-bond donors (Lipinski definition) is 2. The number of nitrogens with one attached hydrogen (secondary N) is 1. The van der Waals surface area contributed by atoms with Crippen molar-refractivity contribution < 1.29 is 9.90 Å². The molecule has 1 heterocycles. The van der Waals surface area contributed by atoms with Crippen LogP contribution in [0.4, 0.5) is 0 Å². The molecule has 0 saturated carbocycles. The molecule has 2 N–H and O–H groups in total. The standard InChI is InChI=1S/C18H28N2O2/c1-14(2)17(20-9-4-3-5-10-20)18(22)19-12-15-7-6-8-16(11-15)13-21/h6-8,11,14,17,21H,3-5,9-10,12-13H2,1-2H3,(H,19,22). The fourth-order valence-corrected chi connectivity index (χ4v) is 3.22. The molecule has 122 valence electrons. The van der Waals surface area contributed by atoms with Gasteiger partial charge in [0.25, 0.3) is 0 Å². The molecule has 22 heavy (non-hydrogen) atoms. The lowest BCUT2D eigenvalue weighted by atomic mass is 9.98. The summed E-state index contributed by atoms with van der Waals surface area (Å²) in [5.74, 6) is 0.424. The van der Waals surface area contributed by atoms with Crippen LogP contribution < -0.4 is 5.32 Å². The number of carbonyl (C=O) groups excluding carboxylic acids is 1. The van der Waals surface area contributed by atoms with Crippen LogP contribution >= 0.6 is 0 Å². The maximum Gasteiger partial charge on any atom is 0.237 e. The van der Waals surface area contributed by atoms with E-state index in [1.165, 1.54) is 19.3 Å². The third-order valence-corrected chi connectivity index (χ3v) is 4.32. The SMILES string of the molecule is CC(C)C(C(=O)NCc1cccc(CO)c1)N1CCCCC1. The lowest BCUT2D eigenvalue weighted by Gasteiger charge is -2.35. The van der Waals surface area contributed by atoms with Gasteiger partial charge < -0.3 is 10.4 Å². The van der Waals surface area contributed by atoms with Crippen LogP contribution in [0.1, 0.15) is 44.2 Å². The third-order valence-electron chi connectivity index (χ3n) is 4.32. The quantitative estimate of drug-likeness (QED) is 0.848. The van der Waals surface area contributed by atoms with Crippen molar-refractivity contribution in [2.75, 3.05) is 13.1 Å². The molecule has 1 atom stereocenters. The lowest BCUT2D eigenvalue weighted by Crippen LogP contribution is -2.51. The average molecular weight is 304 g/mol. The Labute approximate surface area is 133 Å². The van der Waals surface area contributed by atoms with Gasteiger partial charge in [-0.3, -0.25) is 9.69 Å². The molecule has 0 bridgehead atoms. The number of aliphatic hydroxyl groups excluding tert-OH is 1. The Morgan fingerprint density at radius 2 is 1.91 bits per heavy atom. The number of rotatable bonds is 6. The Bertz CT molecular complexity index is 482. The van der Waals surface area contributed by atoms with Crippen LogP contribution in [0.2, 0.25) is 0 Å². The van der Waals surface area contributed by atoms with E-state index in [0.717, 1.165) is 24.2 Å². The molecule has 0 aromatic heterocycles. The Morgan fingerprint density at radius 1 is 1.23 bits per heavy atom. The first-order valence-corrected chi connectivity index (χ1v) is 8.32. The topological polar surface area (TPSA) is 52.6 Å². The van der Waals surface area contributed by atoms with Crippen LogP contribution in [0.25, 0.3) is 0 Å². The van der Waals surface area contributed by atoms with Crippen LogP contribution in [0.15, 0.2) is 24.3 Å². The summed E-state index contributed by atoms with van der Waals surface area (Å²) in [5, 5.41) is 12.2. The predicted octanol–water partition coefficient (Wildman–Crippen LogP) is 2.31. The molecule has 4 nitrogen and oxygen atoms in total. The van der Waals surface area contributed by atoms with Gasteiger partial charge in [-0.05, 0) is 43.0 Å². The van der Waals surface area contributed by atoms with Crippen molar-refractivity contribution in [3.05, 3.63) is 35.4 Å². The maximum absolute atomic E-state index is 12.6. The zero-order chi connectivity index (χ0) is 15.9. The number of amides is 1. The number of likely N-dealkylation sites (tertiary alicyclic amines) is 1. The van der Waals surface area contributed by atoms with Gasteiger partial charge >= 0.3 is 0 Å². The minimum absolute atomic E-state index is 0.0319. The summed E-state index contributed by atoms with van der Waals surface area (Å²) in [5.41, 5.74) is 1.91. The smallest absolute Gasteiger partial charge is 0.237 e. The Balaban J connectivity index is 1.95. The molecule has 1 amide bonds. The summed E-state index contributed by atoms with van der Waals surface area (Å²) in [7, 11) is 0. The predicted molar refractivity (Wildman–Crippen MR) is 88.3 cm³/mol. The van der Waals surface area contributed by atoms with Gasteiger partial charge in [-0.1, -0.05) is 44.5 Å². The van der Waals surface area contributed by atoms with E-state index in [2.05, 4.69) is 24.1 Å². The number of piperidine rings is 1. The van der Waals surface area contributed by atoms with Crippen LogP contribution in [-0.4, -0.2) is 35.0 Å². The summed E-state index contributed by atoms with van der Waals surface area (Å²) in [6, 6.07) is 7.67. The molecule has 1 aromatic rings. The first kappa shape index (κ1) is 17.0. The van der Waals surface area contributed by atoms with Gasteiger partial charge in [0.05, 0.1) is 12.6 Å². The van der Waals surface area contributed by atoms with E-state index in [0.29, 0.717) is 12.5 Å². The highest BCUT2D eigenvalue weighted by molar-refractivity contribution is 5.82. The van der Waals surface area contributed by atoms with Crippen molar-refractivity contribution in [3.63, 3.8) is 0 Å². The fourth-order valence-electron chi connectivity index (χ4n) is 3.22. The van der Waals surface area contributed by atoms with Gasteiger partial charge in [-0.25, -0.2) is 0 Å². The molecule has 0 spiro atoms. The Hall–Kier alpha value is -1.39. The largest absolute Gasteiger partial charge is 0.392 e. The molecule has 1 saturated heterocycles. The second-order valence-electron chi connectivity index (χ2n) is 6.48. The monoisotopic (exact) mass is 304 g/mol. The molecule has 1 aromatic carbocycles. The first-order chi connectivity index (χ1) is 10.6. The lowest BCUT2D eigenvalue weighted by molar-refractivity contribution is -0.128. The molecule has 4 heteroatoms. The Kier molecular flexibility index (Phi) is 6.40. The summed E-state index contributed by atoms with van der Waals surface area (Å²) >= 11 is 0. The third kappa shape index (κ3) is 4.55. The van der Waals surface area contributed by atoms with Crippen molar-refractivity contribution in [2.24, 2.45) is 5.92 Å². The summed E-state index contributed by atoms with van der Waals surface area (Å²) in [4.78, 5) is 14.9. The van der Waals surface area contributed by atoms with Crippen LogP contribution in [0, 0.1) is 5.92 Å². The van der Waals surface area contributed by atoms with Crippen LogP contribution in [-0.2, 0) is 17.9 Å². The normalized spacial score (nSPS) is 17.5. The minimum atomic E-state index is -0.0404. The van der Waals surface area contributed by atoms with E-state index in [1.54, 1.807) is 0 Å². The minimum Gasteiger partial charge on any atom is -0.392 e. The van der Waals surface area contributed by atoms with Gasteiger partial charge in [-0.15, -0.1) is 0 Å². The zero-order valence-corrected chi connectivity index (χ0v) is 13.7. The second-order valence-corrected chi connectivity index (χ2v) is 6.48. The number of nitrogens with zero attached hydrogens (tertiary/aromatic N) is 1. The van der Waals surface area contributed by atoms with Gasteiger partial charge in [0, 0.05) is 6.54 Å². The number of aliphatic hydroxyl groups is 1. The van der Waals surface area contributed by atoms with Crippen LogP contribution in [0.3, 0.4) is 0 Å². The molecule has 2 rings (SSSR count). The van der Waals surface area contributed by atoms with Crippen LogP contribution in [0.5, 0.6) is 0 Å². The van der Waals surface area contributed by atoms with Crippen molar-refractivity contribution in [3.8, 4) is 0 Å². The van der Waals surface area contributed by atoms with E-state index in [4.69, 9.17) is 0 Å². The molecule has 1 aliphatic heterocycles. The van der Waals surface area contributed by atoms with Gasteiger partial charge in [0.2, 0.25) is 5.91 Å². The molecular formula is C18H28N2O2. The summed E-state index contributed by atoms with van der Waals surface area (Å²) in [6.45, 7) is 6.83. The first-order valence-electron chi connectivity index (χ1n) is 8.32. The summed E-state index contributed by atoms with van der Waals surface area (Å²) < 4.78 is 0. The second kappa shape index (κ2) is 8.30. The highest BCUT2D eigenvalue weighted by Gasteiger charge is 2.29. The van der Waals surface area contributed by atoms with E-state index in [-0.39, 0.29) is 18.6 Å².